The highest BCUT2D eigenvalue weighted by Crippen LogP contribution is 2.31. The number of rotatable bonds is 3. The number of nitrogens with one attached hydrogen (secondary N) is 1. The fourth-order valence-electron chi connectivity index (χ4n) is 2.49. The number of pyridine rings is 1. The fraction of sp³-hybridized carbons (Fsp3) is 0.357. The molecular weight excluding hydrogens is 228 g/mol. The van der Waals surface area contributed by atoms with Crippen LogP contribution in [-0.4, -0.2) is 4.98 Å². The van der Waals surface area contributed by atoms with Crippen LogP contribution in [0.5, 0.6) is 0 Å². The lowest BCUT2D eigenvalue weighted by atomic mass is 10.1. The molecule has 0 saturated heterocycles. The summed E-state index contributed by atoms with van der Waals surface area (Å²) in [5.74, 6) is 0. The van der Waals surface area contributed by atoms with E-state index in [9.17, 15) is 0 Å². The van der Waals surface area contributed by atoms with E-state index in [0.29, 0.717) is 12.1 Å². The van der Waals surface area contributed by atoms with Crippen LogP contribution in [0.4, 0.5) is 0 Å². The predicted octanol–water partition coefficient (Wildman–Crippen LogP) is 3.48. The smallest absolute Gasteiger partial charge is 0.0605 e. The average Bonchev–Trinajstić information content (AvgIpc) is 2.98. The second-order valence-electron chi connectivity index (χ2n) is 4.58. The Labute approximate surface area is 106 Å². The number of thiophene rings is 1. The Morgan fingerprint density at radius 1 is 1.47 bits per heavy atom. The van der Waals surface area contributed by atoms with Gasteiger partial charge in [0.25, 0.3) is 0 Å². The van der Waals surface area contributed by atoms with Crippen LogP contribution in [0.1, 0.15) is 42.2 Å². The summed E-state index contributed by atoms with van der Waals surface area (Å²) in [6.07, 6.45) is 4.21. The number of aryl methyl sites for hydroxylation is 1. The molecule has 0 spiro atoms. The Morgan fingerprint density at radius 3 is 3.24 bits per heavy atom. The van der Waals surface area contributed by atoms with Crippen molar-refractivity contribution in [2.45, 2.75) is 31.8 Å². The predicted molar refractivity (Wildman–Crippen MR) is 71.2 cm³/mol. The minimum absolute atomic E-state index is 0.402. The van der Waals surface area contributed by atoms with E-state index < -0.39 is 0 Å². The highest BCUT2D eigenvalue weighted by atomic mass is 32.1. The molecule has 1 aliphatic rings. The van der Waals surface area contributed by atoms with Crippen molar-refractivity contribution >= 4 is 11.3 Å². The lowest BCUT2D eigenvalue weighted by Crippen LogP contribution is -2.23. The van der Waals surface area contributed by atoms with Gasteiger partial charge in [0.15, 0.2) is 0 Å². The number of hydrogen-bond acceptors (Lipinski definition) is 3. The molecule has 3 heteroatoms. The van der Waals surface area contributed by atoms with E-state index in [-0.39, 0.29) is 0 Å². The lowest BCUT2D eigenvalue weighted by Gasteiger charge is -2.18. The molecule has 17 heavy (non-hydrogen) atoms. The first-order chi connectivity index (χ1) is 8.34. The molecule has 2 heterocycles. The van der Waals surface area contributed by atoms with Gasteiger partial charge in [-0.25, -0.2) is 0 Å². The van der Waals surface area contributed by atoms with Crippen LogP contribution in [0.15, 0.2) is 35.2 Å². The minimum Gasteiger partial charge on any atom is -0.302 e. The van der Waals surface area contributed by atoms with Gasteiger partial charge in [-0.3, -0.25) is 4.98 Å². The Bertz CT molecular complexity index is 493. The van der Waals surface area contributed by atoms with Gasteiger partial charge in [0.1, 0.15) is 0 Å². The Hall–Kier alpha value is -1.19. The molecule has 2 aromatic heterocycles. The van der Waals surface area contributed by atoms with E-state index in [1.165, 1.54) is 23.2 Å². The van der Waals surface area contributed by atoms with E-state index in [1.54, 1.807) is 11.3 Å². The van der Waals surface area contributed by atoms with Crippen LogP contribution < -0.4 is 5.32 Å². The van der Waals surface area contributed by atoms with E-state index in [2.05, 4.69) is 40.1 Å². The first kappa shape index (κ1) is 10.9. The molecule has 0 aromatic carbocycles. The Kier molecular flexibility index (Phi) is 2.95. The first-order valence-electron chi connectivity index (χ1n) is 6.06. The van der Waals surface area contributed by atoms with Crippen LogP contribution in [0.2, 0.25) is 0 Å². The van der Waals surface area contributed by atoms with Crippen molar-refractivity contribution in [1.29, 1.82) is 0 Å². The normalized spacial score (nSPS) is 20.2. The lowest BCUT2D eigenvalue weighted by molar-refractivity contribution is 0.459. The summed E-state index contributed by atoms with van der Waals surface area (Å²) < 4.78 is 0. The van der Waals surface area contributed by atoms with Crippen molar-refractivity contribution in [3.8, 4) is 0 Å². The van der Waals surface area contributed by atoms with Crippen LogP contribution in [-0.2, 0) is 6.42 Å². The molecule has 1 aliphatic carbocycles. The fourth-order valence-corrected chi connectivity index (χ4v) is 3.25. The highest BCUT2D eigenvalue weighted by molar-refractivity contribution is 7.07. The summed E-state index contributed by atoms with van der Waals surface area (Å²) in [4.78, 5) is 4.52. The van der Waals surface area contributed by atoms with Gasteiger partial charge in [-0.1, -0.05) is 6.07 Å². The van der Waals surface area contributed by atoms with Gasteiger partial charge in [-0.2, -0.15) is 11.3 Å². The van der Waals surface area contributed by atoms with Crippen LogP contribution in [0, 0.1) is 0 Å². The van der Waals surface area contributed by atoms with Crippen molar-refractivity contribution < 1.29 is 0 Å². The van der Waals surface area contributed by atoms with Crippen LogP contribution >= 0.6 is 11.3 Å². The van der Waals surface area contributed by atoms with Gasteiger partial charge in [0.05, 0.1) is 11.7 Å². The van der Waals surface area contributed by atoms with Crippen molar-refractivity contribution in [2.24, 2.45) is 0 Å². The van der Waals surface area contributed by atoms with E-state index in [1.807, 2.05) is 12.3 Å². The maximum atomic E-state index is 4.52. The standard InChI is InChI=1S/C14H16N2S/c1-10(12-6-8-17-9-12)16-13-5-4-11-3-2-7-15-14(11)13/h2-3,6-10,13,16H,4-5H2,1H3. The van der Waals surface area contributed by atoms with Crippen LogP contribution in [0.25, 0.3) is 0 Å². The maximum absolute atomic E-state index is 4.52. The number of hydrogen-bond donors (Lipinski definition) is 1. The van der Waals surface area contributed by atoms with Crippen molar-refractivity contribution in [2.75, 3.05) is 0 Å². The summed E-state index contributed by atoms with van der Waals surface area (Å²) in [7, 11) is 0. The second kappa shape index (κ2) is 4.59. The molecule has 0 saturated carbocycles. The molecule has 88 valence electrons. The topological polar surface area (TPSA) is 24.9 Å². The number of aromatic nitrogens is 1. The van der Waals surface area contributed by atoms with Crippen molar-refractivity contribution in [3.63, 3.8) is 0 Å². The van der Waals surface area contributed by atoms with Crippen molar-refractivity contribution in [1.82, 2.24) is 10.3 Å². The summed E-state index contributed by atoms with van der Waals surface area (Å²) in [5.41, 5.74) is 4.02. The quantitative estimate of drug-likeness (QED) is 0.894. The van der Waals surface area contributed by atoms with Gasteiger partial charge in [0.2, 0.25) is 0 Å². The van der Waals surface area contributed by atoms with Gasteiger partial charge >= 0.3 is 0 Å². The molecule has 2 nitrogen and oxygen atoms in total. The van der Waals surface area contributed by atoms with E-state index in [0.717, 1.165) is 6.42 Å². The molecular formula is C14H16N2S. The van der Waals surface area contributed by atoms with Crippen LogP contribution in [0.3, 0.4) is 0 Å². The minimum atomic E-state index is 0.402. The summed E-state index contributed by atoms with van der Waals surface area (Å²) in [5, 5.41) is 8.03. The van der Waals surface area contributed by atoms with Gasteiger partial charge in [-0.05, 0) is 53.8 Å². The largest absolute Gasteiger partial charge is 0.302 e. The molecule has 2 aromatic rings. The zero-order valence-corrected chi connectivity index (χ0v) is 10.7. The molecule has 0 radical (unpaired) electrons. The third-order valence-electron chi connectivity index (χ3n) is 3.45. The second-order valence-corrected chi connectivity index (χ2v) is 5.36. The van der Waals surface area contributed by atoms with E-state index in [4.69, 9.17) is 0 Å². The van der Waals surface area contributed by atoms with Gasteiger partial charge in [-0.15, -0.1) is 0 Å². The van der Waals surface area contributed by atoms with Gasteiger partial charge < -0.3 is 5.32 Å². The SMILES string of the molecule is CC(NC1CCc2cccnc21)c1ccsc1. The van der Waals surface area contributed by atoms with E-state index >= 15 is 0 Å². The molecule has 0 amide bonds. The Balaban J connectivity index is 1.75. The molecule has 0 aliphatic heterocycles. The zero-order valence-electron chi connectivity index (χ0n) is 9.89. The monoisotopic (exact) mass is 244 g/mol. The zero-order chi connectivity index (χ0) is 11.7. The maximum Gasteiger partial charge on any atom is 0.0605 e. The summed E-state index contributed by atoms with van der Waals surface area (Å²) >= 11 is 1.76. The molecule has 0 fully saturated rings. The molecule has 1 N–H and O–H groups in total. The third-order valence-corrected chi connectivity index (χ3v) is 4.15. The molecule has 2 atom stereocenters. The first-order valence-corrected chi connectivity index (χ1v) is 7.01. The highest BCUT2D eigenvalue weighted by Gasteiger charge is 2.24. The molecule has 3 rings (SSSR count). The summed E-state index contributed by atoms with van der Waals surface area (Å²) in [6.45, 7) is 2.23. The number of nitrogens with zero attached hydrogens (tertiary/aromatic N) is 1. The number of fused-ring (bicyclic) bond motifs is 1. The third kappa shape index (κ3) is 2.13. The van der Waals surface area contributed by atoms with Gasteiger partial charge in [0, 0.05) is 12.2 Å². The van der Waals surface area contributed by atoms with Crippen molar-refractivity contribution in [3.05, 3.63) is 52.0 Å². The molecule has 2 unspecified atom stereocenters. The Morgan fingerprint density at radius 2 is 2.41 bits per heavy atom. The average molecular weight is 244 g/mol. The molecule has 0 bridgehead atoms. The summed E-state index contributed by atoms with van der Waals surface area (Å²) in [6, 6.07) is 7.24.